The lowest BCUT2D eigenvalue weighted by molar-refractivity contribution is -0.137. The van der Waals surface area contributed by atoms with Gasteiger partial charge in [-0.05, 0) is 61.6 Å². The van der Waals surface area contributed by atoms with Crippen LogP contribution in [-0.2, 0) is 18.4 Å². The summed E-state index contributed by atoms with van der Waals surface area (Å²) in [4.78, 5) is 11.7. The van der Waals surface area contributed by atoms with Crippen molar-refractivity contribution >= 4 is 22.6 Å². The molecule has 0 radical (unpaired) electrons. The Morgan fingerprint density at radius 1 is 0.968 bits per heavy atom. The lowest BCUT2D eigenvalue weighted by Gasteiger charge is -2.41. The summed E-state index contributed by atoms with van der Waals surface area (Å²) in [5, 5.41) is 9.66. The molecule has 0 saturated carbocycles. The van der Waals surface area contributed by atoms with Gasteiger partial charge in [0.25, 0.3) is 0 Å². The van der Waals surface area contributed by atoms with Crippen LogP contribution in [0.2, 0.25) is 36.3 Å². The highest BCUT2D eigenvalue weighted by molar-refractivity contribution is 6.74. The zero-order valence-corrected chi connectivity index (χ0v) is 23.9. The Hall–Kier alpha value is -0.736. The third-order valence-electron chi connectivity index (χ3n) is 6.47. The van der Waals surface area contributed by atoms with Gasteiger partial charge in [0, 0.05) is 12.7 Å². The molecule has 0 spiro atoms. The molecule has 0 aromatic heterocycles. The minimum Gasteiger partial charge on any atom is -0.463 e. The van der Waals surface area contributed by atoms with Crippen molar-refractivity contribution in [3.05, 3.63) is 23.8 Å². The minimum absolute atomic E-state index is 0.0211. The van der Waals surface area contributed by atoms with Crippen molar-refractivity contribution in [1.29, 1.82) is 0 Å². The SMILES string of the molecule is CCOC(=O)/C=C/C(=C/C[C@H](CO[Si](C)(C)C(C)(C)C)O[Si](C)(C)C(C)(C)C)CCO. The fraction of sp³-hybridized carbons (Fsp3) is 0.792. The van der Waals surface area contributed by atoms with Crippen LogP contribution in [0, 0.1) is 0 Å². The maximum atomic E-state index is 11.7. The third kappa shape index (κ3) is 11.1. The van der Waals surface area contributed by atoms with Crippen molar-refractivity contribution in [2.24, 2.45) is 0 Å². The highest BCUT2D eigenvalue weighted by atomic mass is 28.4. The summed E-state index contributed by atoms with van der Waals surface area (Å²) < 4.78 is 18.2. The molecule has 0 aliphatic heterocycles. The molecule has 31 heavy (non-hydrogen) atoms. The quantitative estimate of drug-likeness (QED) is 0.158. The number of ether oxygens (including phenoxy) is 1. The van der Waals surface area contributed by atoms with Gasteiger partial charge in [-0.1, -0.05) is 53.7 Å². The first-order valence-corrected chi connectivity index (χ1v) is 17.2. The molecule has 0 saturated heterocycles. The first-order valence-electron chi connectivity index (χ1n) is 11.4. The molecule has 0 heterocycles. The van der Waals surface area contributed by atoms with Gasteiger partial charge < -0.3 is 18.7 Å². The topological polar surface area (TPSA) is 65.0 Å². The van der Waals surface area contributed by atoms with E-state index in [1.165, 1.54) is 6.08 Å². The molecule has 1 atom stereocenters. The highest BCUT2D eigenvalue weighted by Gasteiger charge is 2.41. The third-order valence-corrected chi connectivity index (χ3v) is 15.5. The van der Waals surface area contributed by atoms with Gasteiger partial charge in [0.15, 0.2) is 16.6 Å². The number of aliphatic hydroxyl groups excluding tert-OH is 1. The summed E-state index contributed by atoms with van der Waals surface area (Å²) in [7, 11) is -3.88. The molecule has 0 aromatic carbocycles. The highest BCUT2D eigenvalue weighted by Crippen LogP contribution is 2.39. The predicted molar refractivity (Wildman–Crippen MR) is 135 cm³/mol. The second-order valence-electron chi connectivity index (χ2n) is 11.1. The summed E-state index contributed by atoms with van der Waals surface area (Å²) in [6.07, 6.45) is 6.28. The van der Waals surface area contributed by atoms with Gasteiger partial charge in [-0.2, -0.15) is 0 Å². The van der Waals surface area contributed by atoms with Crippen LogP contribution >= 0.6 is 0 Å². The van der Waals surface area contributed by atoms with Crippen LogP contribution in [-0.4, -0.2) is 53.6 Å². The molecule has 0 unspecified atom stereocenters. The number of rotatable bonds is 12. The van der Waals surface area contributed by atoms with Gasteiger partial charge in [0.1, 0.15) is 0 Å². The van der Waals surface area contributed by atoms with Crippen LogP contribution in [0.15, 0.2) is 23.8 Å². The number of esters is 1. The first-order chi connectivity index (χ1) is 14.0. The van der Waals surface area contributed by atoms with E-state index >= 15 is 0 Å². The monoisotopic (exact) mass is 472 g/mol. The van der Waals surface area contributed by atoms with Crippen LogP contribution in [0.1, 0.15) is 61.3 Å². The molecular formula is C24H48O5Si2. The van der Waals surface area contributed by atoms with Gasteiger partial charge in [-0.15, -0.1) is 0 Å². The molecule has 7 heteroatoms. The van der Waals surface area contributed by atoms with Gasteiger partial charge >= 0.3 is 5.97 Å². The lowest BCUT2D eigenvalue weighted by atomic mass is 10.1. The summed E-state index contributed by atoms with van der Waals surface area (Å²) >= 11 is 0. The van der Waals surface area contributed by atoms with E-state index in [0.717, 1.165) is 5.57 Å². The molecule has 0 aromatic rings. The summed E-state index contributed by atoms with van der Waals surface area (Å²) in [5.74, 6) is -0.373. The van der Waals surface area contributed by atoms with Crippen molar-refractivity contribution < 1.29 is 23.5 Å². The van der Waals surface area contributed by atoms with Crippen molar-refractivity contribution in [2.45, 2.75) is 104 Å². The number of carbonyl (C=O) groups is 1. The zero-order valence-electron chi connectivity index (χ0n) is 21.9. The summed E-state index contributed by atoms with van der Waals surface area (Å²) in [5.41, 5.74) is 0.895. The van der Waals surface area contributed by atoms with Gasteiger partial charge in [-0.3, -0.25) is 0 Å². The molecule has 0 amide bonds. The lowest BCUT2D eigenvalue weighted by Crippen LogP contribution is -2.47. The molecule has 0 aliphatic carbocycles. The largest absolute Gasteiger partial charge is 0.463 e. The van der Waals surface area contributed by atoms with E-state index in [0.29, 0.717) is 26.1 Å². The molecule has 182 valence electrons. The Bertz CT molecular complexity index is 610. The van der Waals surface area contributed by atoms with Crippen molar-refractivity contribution in [2.75, 3.05) is 19.8 Å². The van der Waals surface area contributed by atoms with Gasteiger partial charge in [-0.25, -0.2) is 4.79 Å². The predicted octanol–water partition coefficient (Wildman–Crippen LogP) is 6.22. The molecule has 0 aliphatic rings. The number of carbonyl (C=O) groups excluding carboxylic acids is 1. The zero-order chi connectivity index (χ0) is 24.5. The van der Waals surface area contributed by atoms with Crippen LogP contribution in [0.4, 0.5) is 0 Å². The van der Waals surface area contributed by atoms with Crippen molar-refractivity contribution in [3.63, 3.8) is 0 Å². The maximum Gasteiger partial charge on any atom is 0.330 e. The van der Waals surface area contributed by atoms with Gasteiger partial charge in [0.05, 0.1) is 19.3 Å². The Morgan fingerprint density at radius 3 is 1.97 bits per heavy atom. The smallest absolute Gasteiger partial charge is 0.330 e. The number of aliphatic hydroxyl groups is 1. The van der Waals surface area contributed by atoms with Crippen LogP contribution in [0.5, 0.6) is 0 Å². The van der Waals surface area contributed by atoms with Crippen LogP contribution in [0.3, 0.4) is 0 Å². The second kappa shape index (κ2) is 12.5. The molecule has 0 fully saturated rings. The molecule has 5 nitrogen and oxygen atoms in total. The molecule has 0 bridgehead atoms. The van der Waals surface area contributed by atoms with Crippen molar-refractivity contribution in [3.8, 4) is 0 Å². The number of hydrogen-bond acceptors (Lipinski definition) is 5. The number of allylic oxidation sites excluding steroid dienone is 1. The van der Waals surface area contributed by atoms with Gasteiger partial charge in [0.2, 0.25) is 0 Å². The van der Waals surface area contributed by atoms with E-state index in [2.05, 4.69) is 73.8 Å². The fourth-order valence-corrected chi connectivity index (χ4v) is 4.68. The maximum absolute atomic E-state index is 11.7. The summed E-state index contributed by atoms with van der Waals surface area (Å²) in [6, 6.07) is 0. The first kappa shape index (κ1) is 30.3. The Morgan fingerprint density at radius 2 is 1.52 bits per heavy atom. The summed E-state index contributed by atoms with van der Waals surface area (Å²) in [6.45, 7) is 25.1. The van der Waals surface area contributed by atoms with E-state index < -0.39 is 16.6 Å². The Balaban J connectivity index is 5.60. The Kier molecular flexibility index (Phi) is 12.2. The average molecular weight is 473 g/mol. The molecule has 0 rings (SSSR count). The van der Waals surface area contributed by atoms with Crippen molar-refractivity contribution in [1.82, 2.24) is 0 Å². The van der Waals surface area contributed by atoms with Crippen LogP contribution in [0.25, 0.3) is 0 Å². The van der Waals surface area contributed by atoms with E-state index in [9.17, 15) is 9.90 Å². The molecule has 1 N–H and O–H groups in total. The Labute approximate surface area is 193 Å². The van der Waals surface area contributed by atoms with E-state index in [1.54, 1.807) is 13.0 Å². The normalized spacial score (nSPS) is 15.4. The van der Waals surface area contributed by atoms with E-state index in [-0.39, 0.29) is 28.8 Å². The van der Waals surface area contributed by atoms with E-state index in [1.807, 2.05) is 0 Å². The van der Waals surface area contributed by atoms with Crippen LogP contribution < -0.4 is 0 Å². The average Bonchev–Trinajstić information content (AvgIpc) is 2.59. The van der Waals surface area contributed by atoms with E-state index in [4.69, 9.17) is 13.6 Å². The standard InChI is InChI=1S/C24H48O5Si2/c1-12-27-22(26)16-14-20(17-18-25)13-15-21(29-31(10,11)24(5,6)7)19-28-30(8,9)23(2,3)4/h13-14,16,21,25H,12,15,17-19H2,1-11H3/b16-14+,20-13-/t21-/m1/s1. The number of hydrogen-bond donors (Lipinski definition) is 1. The second-order valence-corrected chi connectivity index (χ2v) is 20.7. The molecular weight excluding hydrogens is 424 g/mol. The fourth-order valence-electron chi connectivity index (χ4n) is 2.29. The minimum atomic E-state index is -1.98.